The second kappa shape index (κ2) is 5.07. The lowest BCUT2D eigenvalue weighted by molar-refractivity contribution is -0.138. The molecule has 1 aliphatic carbocycles. The van der Waals surface area contributed by atoms with Crippen molar-refractivity contribution in [1.82, 2.24) is 14.7 Å². The number of aliphatic carboxylic acids is 1. The SMILES string of the molecule is O=C(O)[C@H](Cc1cnc[nH]1)NS(=O)(=O)CC1CC1. The van der Waals surface area contributed by atoms with Crippen molar-refractivity contribution in [3.05, 3.63) is 18.2 Å². The summed E-state index contributed by atoms with van der Waals surface area (Å²) < 4.78 is 25.7. The molecule has 2 rings (SSSR count). The van der Waals surface area contributed by atoms with Crippen LogP contribution in [0.5, 0.6) is 0 Å². The van der Waals surface area contributed by atoms with Gasteiger partial charge in [-0.3, -0.25) is 4.79 Å². The Morgan fingerprint density at radius 1 is 1.61 bits per heavy atom. The predicted molar refractivity (Wildman–Crippen MR) is 63.4 cm³/mol. The van der Waals surface area contributed by atoms with E-state index in [1.165, 1.54) is 12.5 Å². The normalized spacial score (nSPS) is 17.6. The molecule has 1 fully saturated rings. The van der Waals surface area contributed by atoms with Gasteiger partial charge in [-0.25, -0.2) is 18.1 Å². The van der Waals surface area contributed by atoms with E-state index in [4.69, 9.17) is 5.11 Å². The van der Waals surface area contributed by atoms with Crippen molar-refractivity contribution in [2.24, 2.45) is 5.92 Å². The van der Waals surface area contributed by atoms with Crippen LogP contribution in [0.1, 0.15) is 18.5 Å². The first-order valence-electron chi connectivity index (χ1n) is 5.66. The molecule has 3 N–H and O–H groups in total. The van der Waals surface area contributed by atoms with Gasteiger partial charge in [-0.1, -0.05) is 0 Å². The van der Waals surface area contributed by atoms with Crippen LogP contribution in [0.3, 0.4) is 0 Å². The van der Waals surface area contributed by atoms with Crippen molar-refractivity contribution in [3.63, 3.8) is 0 Å². The molecule has 100 valence electrons. The zero-order chi connectivity index (χ0) is 13.2. The van der Waals surface area contributed by atoms with Crippen molar-refractivity contribution in [2.45, 2.75) is 25.3 Å². The molecule has 8 heteroatoms. The molecular formula is C10H15N3O4S. The minimum Gasteiger partial charge on any atom is -0.480 e. The molecule has 18 heavy (non-hydrogen) atoms. The summed E-state index contributed by atoms with van der Waals surface area (Å²) in [5, 5.41) is 9.02. The Labute approximate surface area is 105 Å². The third-order valence-electron chi connectivity index (χ3n) is 2.75. The smallest absolute Gasteiger partial charge is 0.322 e. The van der Waals surface area contributed by atoms with Gasteiger partial charge in [-0.05, 0) is 18.8 Å². The van der Waals surface area contributed by atoms with Crippen LogP contribution in [0.2, 0.25) is 0 Å². The van der Waals surface area contributed by atoms with E-state index in [2.05, 4.69) is 14.7 Å². The third-order valence-corrected chi connectivity index (χ3v) is 4.30. The van der Waals surface area contributed by atoms with Crippen LogP contribution in [0.4, 0.5) is 0 Å². The monoisotopic (exact) mass is 273 g/mol. The number of H-pyrrole nitrogens is 1. The fourth-order valence-electron chi connectivity index (χ4n) is 1.66. The summed E-state index contributed by atoms with van der Waals surface area (Å²) in [5.41, 5.74) is 0.580. The molecule has 0 amide bonds. The summed E-state index contributed by atoms with van der Waals surface area (Å²) in [4.78, 5) is 17.6. The summed E-state index contributed by atoms with van der Waals surface area (Å²) in [6, 6.07) is -1.16. The maximum Gasteiger partial charge on any atom is 0.322 e. The molecule has 0 aliphatic heterocycles. The minimum absolute atomic E-state index is 0.0136. The van der Waals surface area contributed by atoms with Crippen LogP contribution in [-0.4, -0.2) is 41.3 Å². The Bertz CT molecular complexity index is 507. The van der Waals surface area contributed by atoms with Gasteiger partial charge in [0.25, 0.3) is 0 Å². The predicted octanol–water partition coefficient (Wildman–Crippen LogP) is -0.265. The highest BCUT2D eigenvalue weighted by Gasteiger charge is 2.31. The van der Waals surface area contributed by atoms with E-state index in [-0.39, 0.29) is 18.1 Å². The minimum atomic E-state index is -3.53. The van der Waals surface area contributed by atoms with Crippen molar-refractivity contribution in [3.8, 4) is 0 Å². The first-order valence-corrected chi connectivity index (χ1v) is 7.31. The lowest BCUT2D eigenvalue weighted by Crippen LogP contribution is -2.43. The fraction of sp³-hybridized carbons (Fsp3) is 0.600. The van der Waals surface area contributed by atoms with Crippen molar-refractivity contribution in [2.75, 3.05) is 5.75 Å². The number of carboxylic acid groups (broad SMARTS) is 1. The van der Waals surface area contributed by atoms with E-state index >= 15 is 0 Å². The summed E-state index contributed by atoms with van der Waals surface area (Å²) in [6.07, 6.45) is 4.76. The van der Waals surface area contributed by atoms with Gasteiger partial charge in [-0.15, -0.1) is 0 Å². The first kappa shape index (κ1) is 13.0. The van der Waals surface area contributed by atoms with Gasteiger partial charge in [0.2, 0.25) is 10.0 Å². The zero-order valence-electron chi connectivity index (χ0n) is 9.67. The molecule has 0 spiro atoms. The third kappa shape index (κ3) is 3.81. The summed E-state index contributed by atoms with van der Waals surface area (Å²) in [7, 11) is -3.53. The number of carbonyl (C=O) groups is 1. The lowest BCUT2D eigenvalue weighted by Gasteiger charge is -2.13. The Kier molecular flexibility index (Phi) is 3.67. The number of nitrogens with one attached hydrogen (secondary N) is 2. The van der Waals surface area contributed by atoms with Crippen molar-refractivity contribution >= 4 is 16.0 Å². The molecule has 0 saturated heterocycles. The van der Waals surface area contributed by atoms with Gasteiger partial charge in [0, 0.05) is 18.3 Å². The Morgan fingerprint density at radius 3 is 2.83 bits per heavy atom. The van der Waals surface area contributed by atoms with Gasteiger partial charge in [0.15, 0.2) is 0 Å². The van der Waals surface area contributed by atoms with Crippen LogP contribution in [0, 0.1) is 5.92 Å². The second-order valence-corrected chi connectivity index (χ2v) is 6.31. The summed E-state index contributed by atoms with van der Waals surface area (Å²) in [5.74, 6) is -0.993. The standard InChI is InChI=1S/C10H15N3O4S/c14-10(15)9(3-8-4-11-6-12-8)13-18(16,17)5-7-1-2-7/h4,6-7,9,13H,1-3,5H2,(H,11,12)(H,14,15)/t9-/m0/s1. The highest BCUT2D eigenvalue weighted by Crippen LogP contribution is 2.30. The molecule has 7 nitrogen and oxygen atoms in total. The Balaban J connectivity index is 1.99. The number of sulfonamides is 1. The van der Waals surface area contributed by atoms with Gasteiger partial charge in [0.1, 0.15) is 6.04 Å². The molecule has 1 atom stereocenters. The number of hydrogen-bond acceptors (Lipinski definition) is 4. The van der Waals surface area contributed by atoms with Crippen molar-refractivity contribution in [1.29, 1.82) is 0 Å². The highest BCUT2D eigenvalue weighted by molar-refractivity contribution is 7.89. The first-order chi connectivity index (χ1) is 8.46. The van der Waals surface area contributed by atoms with E-state index in [0.29, 0.717) is 5.69 Å². The number of aromatic amines is 1. The second-order valence-electron chi connectivity index (χ2n) is 4.51. The Morgan fingerprint density at radius 2 is 2.33 bits per heavy atom. The molecule has 0 bridgehead atoms. The van der Waals surface area contributed by atoms with Gasteiger partial charge in [0.05, 0.1) is 12.1 Å². The zero-order valence-corrected chi connectivity index (χ0v) is 10.5. The van der Waals surface area contributed by atoms with Crippen LogP contribution in [0.25, 0.3) is 0 Å². The van der Waals surface area contributed by atoms with Gasteiger partial charge in [-0.2, -0.15) is 0 Å². The number of rotatable bonds is 7. The number of carboxylic acids is 1. The topological polar surface area (TPSA) is 112 Å². The molecule has 0 radical (unpaired) electrons. The Hall–Kier alpha value is -1.41. The largest absolute Gasteiger partial charge is 0.480 e. The van der Waals surface area contributed by atoms with Crippen molar-refractivity contribution < 1.29 is 18.3 Å². The van der Waals surface area contributed by atoms with Gasteiger partial charge >= 0.3 is 5.97 Å². The average Bonchev–Trinajstić information content (AvgIpc) is 2.91. The molecule has 0 unspecified atom stereocenters. The molecule has 1 heterocycles. The van der Waals surface area contributed by atoms with Crippen LogP contribution < -0.4 is 4.72 Å². The quantitative estimate of drug-likeness (QED) is 0.633. The average molecular weight is 273 g/mol. The number of hydrogen-bond donors (Lipinski definition) is 3. The molecular weight excluding hydrogens is 258 g/mol. The van der Waals surface area contributed by atoms with Crippen LogP contribution >= 0.6 is 0 Å². The maximum atomic E-state index is 11.7. The number of aromatic nitrogens is 2. The van der Waals surface area contributed by atoms with E-state index in [0.717, 1.165) is 12.8 Å². The number of imidazole rings is 1. The molecule has 1 aromatic heterocycles. The van der Waals surface area contributed by atoms with E-state index in [1.54, 1.807) is 0 Å². The molecule has 1 aliphatic rings. The molecule has 1 aromatic rings. The number of nitrogens with zero attached hydrogens (tertiary/aromatic N) is 1. The summed E-state index contributed by atoms with van der Waals surface area (Å²) >= 11 is 0. The highest BCUT2D eigenvalue weighted by atomic mass is 32.2. The molecule has 0 aromatic carbocycles. The van der Waals surface area contributed by atoms with Crippen LogP contribution in [-0.2, 0) is 21.2 Å². The summed E-state index contributed by atoms with van der Waals surface area (Å²) in [6.45, 7) is 0. The molecule has 1 saturated carbocycles. The van der Waals surface area contributed by atoms with E-state index < -0.39 is 22.0 Å². The van der Waals surface area contributed by atoms with Crippen LogP contribution in [0.15, 0.2) is 12.5 Å². The van der Waals surface area contributed by atoms with Gasteiger partial charge < -0.3 is 10.1 Å². The van der Waals surface area contributed by atoms with E-state index in [9.17, 15) is 13.2 Å². The van der Waals surface area contributed by atoms with E-state index in [1.807, 2.05) is 0 Å². The maximum absolute atomic E-state index is 11.7. The lowest BCUT2D eigenvalue weighted by atomic mass is 10.2. The fourth-order valence-corrected chi connectivity index (χ4v) is 3.32.